The monoisotopic (exact) mass is 234 g/mol. The zero-order valence-electron chi connectivity index (χ0n) is 10.3. The summed E-state index contributed by atoms with van der Waals surface area (Å²) in [5.41, 5.74) is 5.83. The number of amides is 1. The van der Waals surface area contributed by atoms with Crippen molar-refractivity contribution >= 4 is 11.7 Å². The fraction of sp³-hybridized carbons (Fsp3) is 0.583. The molecule has 2 N–H and O–H groups in total. The van der Waals surface area contributed by atoms with Crippen LogP contribution < -0.4 is 5.73 Å². The Bertz CT molecular complexity index is 403. The average Bonchev–Trinajstić information content (AvgIpc) is 2.29. The lowest BCUT2D eigenvalue weighted by Crippen LogP contribution is -2.44. The van der Waals surface area contributed by atoms with Gasteiger partial charge in [0.15, 0.2) is 0 Å². The smallest absolute Gasteiger partial charge is 0.274 e. The fourth-order valence-corrected chi connectivity index (χ4v) is 2.30. The van der Waals surface area contributed by atoms with E-state index in [1.165, 1.54) is 12.4 Å². The molecule has 1 aliphatic heterocycles. The summed E-state index contributed by atoms with van der Waals surface area (Å²) >= 11 is 0. The van der Waals surface area contributed by atoms with Crippen LogP contribution in [0.4, 0.5) is 5.82 Å². The van der Waals surface area contributed by atoms with Gasteiger partial charge in [-0.25, -0.2) is 9.97 Å². The molecule has 0 spiro atoms. The van der Waals surface area contributed by atoms with E-state index in [9.17, 15) is 4.79 Å². The molecule has 5 heteroatoms. The molecule has 1 aromatic rings. The normalized spacial score (nSPS) is 24.7. The first-order chi connectivity index (χ1) is 8.08. The van der Waals surface area contributed by atoms with Gasteiger partial charge >= 0.3 is 0 Å². The van der Waals surface area contributed by atoms with E-state index in [0.717, 1.165) is 19.4 Å². The molecule has 2 unspecified atom stereocenters. The van der Waals surface area contributed by atoms with Crippen molar-refractivity contribution in [3.05, 3.63) is 18.1 Å². The second-order valence-electron chi connectivity index (χ2n) is 4.80. The molecule has 0 aromatic carbocycles. The van der Waals surface area contributed by atoms with Crippen LogP contribution in [0.3, 0.4) is 0 Å². The molecule has 17 heavy (non-hydrogen) atoms. The summed E-state index contributed by atoms with van der Waals surface area (Å²) in [7, 11) is 0. The zero-order valence-corrected chi connectivity index (χ0v) is 10.3. The molecule has 2 rings (SSSR count). The topological polar surface area (TPSA) is 72.1 Å². The number of rotatable bonds is 1. The SMILES string of the molecule is CC1CCN(C(=O)c2cnc(N)cn2)C(C)C1. The third-order valence-corrected chi connectivity index (χ3v) is 3.29. The first kappa shape index (κ1) is 11.8. The molecule has 1 aromatic heterocycles. The molecule has 1 fully saturated rings. The Morgan fingerprint density at radius 2 is 2.18 bits per heavy atom. The summed E-state index contributed by atoms with van der Waals surface area (Å²) in [4.78, 5) is 22.0. The van der Waals surface area contributed by atoms with Crippen LogP contribution in [0.5, 0.6) is 0 Å². The number of carbonyl (C=O) groups is 1. The second kappa shape index (κ2) is 4.69. The van der Waals surface area contributed by atoms with E-state index in [0.29, 0.717) is 17.4 Å². The predicted molar refractivity (Wildman–Crippen MR) is 65.3 cm³/mol. The number of likely N-dealkylation sites (tertiary alicyclic amines) is 1. The van der Waals surface area contributed by atoms with Gasteiger partial charge in [0, 0.05) is 12.6 Å². The number of anilines is 1. The Kier molecular flexibility index (Phi) is 3.26. The number of hydrogen-bond donors (Lipinski definition) is 1. The van der Waals surface area contributed by atoms with Gasteiger partial charge in [-0.3, -0.25) is 4.79 Å². The number of hydrogen-bond acceptors (Lipinski definition) is 4. The Balaban J connectivity index is 2.12. The first-order valence-corrected chi connectivity index (χ1v) is 5.96. The molecular formula is C12H18N4O. The molecule has 5 nitrogen and oxygen atoms in total. The van der Waals surface area contributed by atoms with Crippen molar-refractivity contribution in [1.29, 1.82) is 0 Å². The summed E-state index contributed by atoms with van der Waals surface area (Å²) in [5.74, 6) is 0.977. The van der Waals surface area contributed by atoms with Crippen molar-refractivity contribution < 1.29 is 4.79 Å². The van der Waals surface area contributed by atoms with Gasteiger partial charge in [0.25, 0.3) is 5.91 Å². The Hall–Kier alpha value is -1.65. The number of nitrogen functional groups attached to an aromatic ring is 1. The lowest BCUT2D eigenvalue weighted by molar-refractivity contribution is 0.0582. The summed E-state index contributed by atoms with van der Waals surface area (Å²) in [6.45, 7) is 5.10. The zero-order chi connectivity index (χ0) is 12.4. The molecule has 0 radical (unpaired) electrons. The lowest BCUT2D eigenvalue weighted by Gasteiger charge is -2.36. The molecule has 1 aliphatic rings. The third kappa shape index (κ3) is 2.54. The maximum absolute atomic E-state index is 12.2. The number of carbonyl (C=O) groups excluding carboxylic acids is 1. The molecule has 0 aliphatic carbocycles. The molecule has 2 heterocycles. The van der Waals surface area contributed by atoms with Crippen LogP contribution in [-0.4, -0.2) is 33.4 Å². The Labute approximate surface area is 101 Å². The molecule has 1 saturated heterocycles. The van der Waals surface area contributed by atoms with Crippen LogP contribution in [0, 0.1) is 5.92 Å². The minimum atomic E-state index is -0.0445. The van der Waals surface area contributed by atoms with Crippen molar-refractivity contribution in [2.75, 3.05) is 12.3 Å². The number of nitrogens with two attached hydrogens (primary N) is 1. The Morgan fingerprint density at radius 1 is 1.41 bits per heavy atom. The molecular weight excluding hydrogens is 216 g/mol. The minimum absolute atomic E-state index is 0.0445. The highest BCUT2D eigenvalue weighted by molar-refractivity contribution is 5.92. The quantitative estimate of drug-likeness (QED) is 0.795. The number of piperidine rings is 1. The van der Waals surface area contributed by atoms with Crippen molar-refractivity contribution in [2.45, 2.75) is 32.7 Å². The summed E-state index contributed by atoms with van der Waals surface area (Å²) < 4.78 is 0. The van der Waals surface area contributed by atoms with Crippen LogP contribution in [0.2, 0.25) is 0 Å². The maximum atomic E-state index is 12.2. The van der Waals surface area contributed by atoms with Crippen LogP contribution in [0.25, 0.3) is 0 Å². The standard InChI is InChI=1S/C12H18N4O/c1-8-3-4-16(9(2)5-8)12(17)10-6-15-11(13)7-14-10/h6-9H,3-5H2,1-2H3,(H2,13,15). The van der Waals surface area contributed by atoms with Gasteiger partial charge in [0.1, 0.15) is 11.5 Å². The highest BCUT2D eigenvalue weighted by atomic mass is 16.2. The van der Waals surface area contributed by atoms with Crippen LogP contribution in [0.15, 0.2) is 12.4 Å². The largest absolute Gasteiger partial charge is 0.382 e. The highest BCUT2D eigenvalue weighted by Gasteiger charge is 2.28. The van der Waals surface area contributed by atoms with Gasteiger partial charge < -0.3 is 10.6 Å². The van der Waals surface area contributed by atoms with Gasteiger partial charge in [-0.05, 0) is 25.7 Å². The van der Waals surface area contributed by atoms with E-state index in [2.05, 4.69) is 23.8 Å². The van der Waals surface area contributed by atoms with Gasteiger partial charge in [0.2, 0.25) is 0 Å². The Morgan fingerprint density at radius 3 is 2.76 bits per heavy atom. The van der Waals surface area contributed by atoms with Crippen LogP contribution >= 0.6 is 0 Å². The molecule has 0 saturated carbocycles. The summed E-state index contributed by atoms with van der Waals surface area (Å²) in [5, 5.41) is 0. The van der Waals surface area contributed by atoms with Crippen molar-refractivity contribution in [1.82, 2.24) is 14.9 Å². The van der Waals surface area contributed by atoms with Gasteiger partial charge in [-0.1, -0.05) is 6.92 Å². The van der Waals surface area contributed by atoms with Gasteiger partial charge in [-0.15, -0.1) is 0 Å². The van der Waals surface area contributed by atoms with Crippen molar-refractivity contribution in [3.8, 4) is 0 Å². The van der Waals surface area contributed by atoms with E-state index in [1.54, 1.807) is 0 Å². The van der Waals surface area contributed by atoms with Crippen molar-refractivity contribution in [2.24, 2.45) is 5.92 Å². The fourth-order valence-electron chi connectivity index (χ4n) is 2.30. The van der Waals surface area contributed by atoms with Gasteiger partial charge in [0.05, 0.1) is 12.4 Å². The van der Waals surface area contributed by atoms with E-state index >= 15 is 0 Å². The lowest BCUT2D eigenvalue weighted by atomic mass is 9.93. The van der Waals surface area contributed by atoms with Crippen LogP contribution in [0.1, 0.15) is 37.2 Å². The van der Waals surface area contributed by atoms with Crippen molar-refractivity contribution in [3.63, 3.8) is 0 Å². The highest BCUT2D eigenvalue weighted by Crippen LogP contribution is 2.23. The van der Waals surface area contributed by atoms with Gasteiger partial charge in [-0.2, -0.15) is 0 Å². The second-order valence-corrected chi connectivity index (χ2v) is 4.80. The predicted octanol–water partition coefficient (Wildman–Crippen LogP) is 1.32. The third-order valence-electron chi connectivity index (χ3n) is 3.29. The van der Waals surface area contributed by atoms with Crippen LogP contribution in [-0.2, 0) is 0 Å². The molecule has 92 valence electrons. The molecule has 0 bridgehead atoms. The first-order valence-electron chi connectivity index (χ1n) is 5.96. The number of aromatic nitrogens is 2. The van der Waals surface area contributed by atoms with E-state index < -0.39 is 0 Å². The average molecular weight is 234 g/mol. The van der Waals surface area contributed by atoms with E-state index in [1.807, 2.05) is 4.90 Å². The van der Waals surface area contributed by atoms with E-state index in [-0.39, 0.29) is 11.9 Å². The maximum Gasteiger partial charge on any atom is 0.274 e. The molecule has 1 amide bonds. The minimum Gasteiger partial charge on any atom is -0.382 e. The van der Waals surface area contributed by atoms with E-state index in [4.69, 9.17) is 5.73 Å². The summed E-state index contributed by atoms with van der Waals surface area (Å²) in [6, 6.07) is 0.269. The summed E-state index contributed by atoms with van der Waals surface area (Å²) in [6.07, 6.45) is 4.97. The number of nitrogens with zero attached hydrogens (tertiary/aromatic N) is 3. The molecule has 2 atom stereocenters.